The Morgan fingerprint density at radius 3 is 2.17 bits per heavy atom. The van der Waals surface area contributed by atoms with Gasteiger partial charge in [0.25, 0.3) is 0 Å². The van der Waals surface area contributed by atoms with E-state index >= 15 is 0 Å². The van der Waals surface area contributed by atoms with E-state index in [1.165, 1.54) is 5.56 Å². The van der Waals surface area contributed by atoms with Crippen LogP contribution in [0.3, 0.4) is 0 Å². The lowest BCUT2D eigenvalue weighted by Crippen LogP contribution is -2.42. The van der Waals surface area contributed by atoms with Gasteiger partial charge in [-0.15, -0.1) is 0 Å². The van der Waals surface area contributed by atoms with Gasteiger partial charge in [-0.3, -0.25) is 0 Å². The largest absolute Gasteiger partial charge is 0.497 e. The Labute approximate surface area is 111 Å². The van der Waals surface area contributed by atoms with Crippen molar-refractivity contribution in [3.63, 3.8) is 0 Å². The van der Waals surface area contributed by atoms with Gasteiger partial charge in [0.05, 0.1) is 7.11 Å². The van der Waals surface area contributed by atoms with E-state index in [4.69, 9.17) is 16.2 Å². The zero-order valence-electron chi connectivity index (χ0n) is 11.7. The molecule has 0 heterocycles. The van der Waals surface area contributed by atoms with Crippen molar-refractivity contribution in [2.24, 2.45) is 17.4 Å². The van der Waals surface area contributed by atoms with Crippen LogP contribution in [0.2, 0.25) is 0 Å². The van der Waals surface area contributed by atoms with Crippen LogP contribution in [0.5, 0.6) is 5.75 Å². The van der Waals surface area contributed by atoms with Crippen LogP contribution in [0, 0.1) is 5.92 Å². The maximum absolute atomic E-state index is 6.12. The molecular weight excluding hydrogens is 224 g/mol. The fourth-order valence-electron chi connectivity index (χ4n) is 2.06. The van der Waals surface area contributed by atoms with Crippen molar-refractivity contribution in [3.05, 3.63) is 29.8 Å². The summed E-state index contributed by atoms with van der Waals surface area (Å²) >= 11 is 0. The van der Waals surface area contributed by atoms with E-state index < -0.39 is 0 Å². The number of methoxy groups -OCH3 is 1. The Kier molecular flexibility index (Phi) is 6.16. The molecule has 4 N–H and O–H groups in total. The minimum Gasteiger partial charge on any atom is -0.497 e. The van der Waals surface area contributed by atoms with Gasteiger partial charge >= 0.3 is 0 Å². The Morgan fingerprint density at radius 1 is 1.06 bits per heavy atom. The molecule has 0 amide bonds. The molecule has 0 radical (unpaired) electrons. The van der Waals surface area contributed by atoms with E-state index in [0.29, 0.717) is 5.92 Å². The summed E-state index contributed by atoms with van der Waals surface area (Å²) in [7, 11) is 1.68. The van der Waals surface area contributed by atoms with E-state index in [9.17, 15) is 0 Å². The number of rotatable bonds is 7. The minimum absolute atomic E-state index is 0.0782. The molecule has 0 aliphatic carbocycles. The molecule has 2 atom stereocenters. The van der Waals surface area contributed by atoms with Crippen LogP contribution in [0.15, 0.2) is 24.3 Å². The molecule has 1 aromatic rings. The molecule has 0 bridgehead atoms. The Morgan fingerprint density at radius 2 is 1.67 bits per heavy atom. The molecule has 1 aromatic carbocycles. The van der Waals surface area contributed by atoms with Crippen LogP contribution >= 0.6 is 0 Å². The van der Waals surface area contributed by atoms with Gasteiger partial charge in [-0.1, -0.05) is 26.0 Å². The summed E-state index contributed by atoms with van der Waals surface area (Å²) in [6, 6.07) is 8.31. The topological polar surface area (TPSA) is 61.3 Å². The lowest BCUT2D eigenvalue weighted by Gasteiger charge is -2.21. The summed E-state index contributed by atoms with van der Waals surface area (Å²) in [5, 5.41) is 0. The number of aryl methyl sites for hydroxylation is 1. The zero-order valence-corrected chi connectivity index (χ0v) is 11.7. The van der Waals surface area contributed by atoms with Crippen LogP contribution in [0.25, 0.3) is 0 Å². The summed E-state index contributed by atoms with van der Waals surface area (Å²) < 4.78 is 5.13. The second-order valence-corrected chi connectivity index (χ2v) is 5.34. The Hall–Kier alpha value is -1.06. The normalized spacial score (nSPS) is 14.6. The molecule has 0 aliphatic rings. The highest BCUT2D eigenvalue weighted by atomic mass is 16.5. The third-order valence-corrected chi connectivity index (χ3v) is 3.22. The number of ether oxygens (including phenoxy) is 1. The first kappa shape index (κ1) is 15.0. The van der Waals surface area contributed by atoms with E-state index in [1.54, 1.807) is 7.11 Å². The van der Waals surface area contributed by atoms with Crippen molar-refractivity contribution < 1.29 is 4.74 Å². The predicted molar refractivity (Wildman–Crippen MR) is 76.7 cm³/mol. The van der Waals surface area contributed by atoms with Gasteiger partial charge in [0, 0.05) is 12.1 Å². The maximum Gasteiger partial charge on any atom is 0.118 e. The van der Waals surface area contributed by atoms with Crippen LogP contribution in [-0.4, -0.2) is 19.2 Å². The van der Waals surface area contributed by atoms with Crippen molar-refractivity contribution in [3.8, 4) is 5.75 Å². The lowest BCUT2D eigenvalue weighted by molar-refractivity contribution is 0.412. The Balaban J connectivity index is 2.39. The van der Waals surface area contributed by atoms with E-state index in [0.717, 1.165) is 25.0 Å². The molecule has 0 saturated carbocycles. The molecule has 18 heavy (non-hydrogen) atoms. The van der Waals surface area contributed by atoms with Crippen molar-refractivity contribution in [1.29, 1.82) is 0 Å². The highest BCUT2D eigenvalue weighted by molar-refractivity contribution is 5.27. The quantitative estimate of drug-likeness (QED) is 0.780. The first-order chi connectivity index (χ1) is 8.52. The molecule has 2 unspecified atom stereocenters. The molecule has 3 heteroatoms. The maximum atomic E-state index is 6.12. The molecule has 0 saturated heterocycles. The van der Waals surface area contributed by atoms with Crippen molar-refractivity contribution >= 4 is 0 Å². The number of hydrogen-bond donors (Lipinski definition) is 2. The molecule has 0 fully saturated rings. The fraction of sp³-hybridized carbons (Fsp3) is 0.600. The standard InChI is InChI=1S/C15H26N2O/c1-11(2)10-15(17)14(16)9-6-12-4-7-13(18-3)8-5-12/h4-5,7-8,11,14-15H,6,9-10,16-17H2,1-3H3. The lowest BCUT2D eigenvalue weighted by atomic mass is 9.94. The molecule has 0 spiro atoms. The average molecular weight is 250 g/mol. The summed E-state index contributed by atoms with van der Waals surface area (Å²) in [5.41, 5.74) is 13.5. The van der Waals surface area contributed by atoms with Gasteiger partial charge in [-0.25, -0.2) is 0 Å². The van der Waals surface area contributed by atoms with Gasteiger partial charge in [-0.2, -0.15) is 0 Å². The minimum atomic E-state index is 0.0782. The van der Waals surface area contributed by atoms with E-state index in [2.05, 4.69) is 26.0 Å². The zero-order chi connectivity index (χ0) is 13.5. The second-order valence-electron chi connectivity index (χ2n) is 5.34. The molecule has 1 rings (SSSR count). The van der Waals surface area contributed by atoms with Gasteiger partial charge in [0.15, 0.2) is 0 Å². The summed E-state index contributed by atoms with van der Waals surface area (Å²) in [6.07, 6.45) is 2.89. The highest BCUT2D eigenvalue weighted by Gasteiger charge is 2.14. The van der Waals surface area contributed by atoms with Gasteiger partial charge in [0.1, 0.15) is 5.75 Å². The number of nitrogens with two attached hydrogens (primary N) is 2. The molecule has 0 aromatic heterocycles. The third kappa shape index (κ3) is 5.07. The van der Waals surface area contributed by atoms with Crippen molar-refractivity contribution in [1.82, 2.24) is 0 Å². The number of hydrogen-bond acceptors (Lipinski definition) is 3. The second kappa shape index (κ2) is 7.39. The van der Waals surface area contributed by atoms with Gasteiger partial charge in [-0.05, 0) is 42.9 Å². The summed E-state index contributed by atoms with van der Waals surface area (Å²) in [5.74, 6) is 1.49. The smallest absolute Gasteiger partial charge is 0.118 e. The van der Waals surface area contributed by atoms with Crippen LogP contribution in [0.1, 0.15) is 32.3 Å². The van der Waals surface area contributed by atoms with Crippen LogP contribution < -0.4 is 16.2 Å². The van der Waals surface area contributed by atoms with E-state index in [1.807, 2.05) is 12.1 Å². The highest BCUT2D eigenvalue weighted by Crippen LogP contribution is 2.14. The Bertz CT molecular complexity index is 335. The van der Waals surface area contributed by atoms with Gasteiger partial charge in [0.2, 0.25) is 0 Å². The van der Waals surface area contributed by atoms with Crippen LogP contribution in [-0.2, 0) is 6.42 Å². The predicted octanol–water partition coefficient (Wildman–Crippen LogP) is 2.33. The van der Waals surface area contributed by atoms with Crippen LogP contribution in [0.4, 0.5) is 0 Å². The SMILES string of the molecule is COc1ccc(CCC(N)C(N)CC(C)C)cc1. The summed E-state index contributed by atoms with van der Waals surface area (Å²) in [4.78, 5) is 0. The van der Waals surface area contributed by atoms with Crippen molar-refractivity contribution in [2.45, 2.75) is 45.2 Å². The summed E-state index contributed by atoms with van der Waals surface area (Å²) in [6.45, 7) is 4.35. The fourth-order valence-corrected chi connectivity index (χ4v) is 2.06. The molecule has 3 nitrogen and oxygen atoms in total. The van der Waals surface area contributed by atoms with Crippen molar-refractivity contribution in [2.75, 3.05) is 7.11 Å². The molecule has 102 valence electrons. The monoisotopic (exact) mass is 250 g/mol. The van der Waals surface area contributed by atoms with Gasteiger partial charge < -0.3 is 16.2 Å². The van der Waals surface area contributed by atoms with E-state index in [-0.39, 0.29) is 12.1 Å². The molecule has 0 aliphatic heterocycles. The first-order valence-corrected chi connectivity index (χ1v) is 6.67. The first-order valence-electron chi connectivity index (χ1n) is 6.67. The average Bonchev–Trinajstić information content (AvgIpc) is 2.35. The third-order valence-electron chi connectivity index (χ3n) is 3.22. The molecular formula is C15H26N2O. The number of benzene rings is 1.